The number of aliphatic carboxylic acids is 1. The molecule has 1 aliphatic rings. The summed E-state index contributed by atoms with van der Waals surface area (Å²) in [5.41, 5.74) is 0. The molecule has 0 spiro atoms. The van der Waals surface area contributed by atoms with Crippen LogP contribution in [0.15, 0.2) is 24.3 Å². The second-order valence-electron chi connectivity index (χ2n) is 4.44. The summed E-state index contributed by atoms with van der Waals surface area (Å²) in [6.45, 7) is 0.854. The number of hydrogen-bond donors (Lipinski definition) is 1. The highest BCUT2D eigenvalue weighted by molar-refractivity contribution is 8.00. The number of carboxylic acids is 1. The number of carboxylic acid groups (broad SMARTS) is 1. The van der Waals surface area contributed by atoms with Gasteiger partial charge in [0.15, 0.2) is 11.5 Å². The van der Waals surface area contributed by atoms with Gasteiger partial charge >= 0.3 is 5.97 Å². The summed E-state index contributed by atoms with van der Waals surface area (Å²) in [5, 5.41) is 8.54. The van der Waals surface area contributed by atoms with E-state index in [1.807, 2.05) is 12.1 Å². The van der Waals surface area contributed by atoms with Crippen LogP contribution in [0.4, 0.5) is 0 Å². The molecule has 1 N–H and O–H groups in total. The molecule has 114 valence electrons. The zero-order chi connectivity index (χ0) is 15.2. The van der Waals surface area contributed by atoms with Gasteiger partial charge in [-0.2, -0.15) is 0 Å². The van der Waals surface area contributed by atoms with E-state index in [1.165, 1.54) is 0 Å². The van der Waals surface area contributed by atoms with Crippen LogP contribution in [0.5, 0.6) is 11.5 Å². The minimum atomic E-state index is -1.11. The van der Waals surface area contributed by atoms with Crippen LogP contribution in [0.2, 0.25) is 0 Å². The normalized spacial score (nSPS) is 17.6. The van der Waals surface area contributed by atoms with Crippen LogP contribution in [-0.4, -0.2) is 53.3 Å². The van der Waals surface area contributed by atoms with Gasteiger partial charge in [-0.1, -0.05) is 12.1 Å². The van der Waals surface area contributed by atoms with E-state index in [2.05, 4.69) is 0 Å². The van der Waals surface area contributed by atoms with Gasteiger partial charge in [0.2, 0.25) is 5.91 Å². The number of rotatable bonds is 6. The molecule has 1 aromatic carbocycles. The fraction of sp³-hybridized carbons (Fsp3) is 0.429. The van der Waals surface area contributed by atoms with Crippen molar-refractivity contribution in [1.29, 1.82) is 0 Å². The molecular formula is C14H17NO5S. The summed E-state index contributed by atoms with van der Waals surface area (Å²) < 4.78 is 10.9. The standard InChI is InChI=1S/C14H17NO5S/c1-19-10-4-2-3-5-11(10)20-9-13-15(6-7-21-13)12(16)8-14(17)18/h2-5,13H,6-9H2,1H3,(H,17,18)/t13-/m0/s1. The Balaban J connectivity index is 1.95. The van der Waals surface area contributed by atoms with E-state index in [1.54, 1.807) is 35.9 Å². The van der Waals surface area contributed by atoms with Crippen LogP contribution in [-0.2, 0) is 9.59 Å². The minimum absolute atomic E-state index is 0.165. The van der Waals surface area contributed by atoms with Crippen molar-refractivity contribution in [3.63, 3.8) is 0 Å². The first-order valence-corrected chi connectivity index (χ1v) is 7.55. The largest absolute Gasteiger partial charge is 0.493 e. The number of carbonyl (C=O) groups excluding carboxylic acids is 1. The van der Waals surface area contributed by atoms with Crippen molar-refractivity contribution in [2.75, 3.05) is 26.0 Å². The van der Waals surface area contributed by atoms with Crippen LogP contribution in [0.1, 0.15) is 6.42 Å². The number of nitrogens with zero attached hydrogens (tertiary/aromatic N) is 1. The van der Waals surface area contributed by atoms with Gasteiger partial charge in [-0.3, -0.25) is 9.59 Å². The number of para-hydroxylation sites is 2. The van der Waals surface area contributed by atoms with Crippen molar-refractivity contribution >= 4 is 23.6 Å². The van der Waals surface area contributed by atoms with Gasteiger partial charge in [0, 0.05) is 12.3 Å². The van der Waals surface area contributed by atoms with Crippen LogP contribution >= 0.6 is 11.8 Å². The molecule has 21 heavy (non-hydrogen) atoms. The molecule has 0 radical (unpaired) electrons. The molecule has 1 aromatic rings. The Labute approximate surface area is 127 Å². The Morgan fingerprint density at radius 2 is 2.10 bits per heavy atom. The average molecular weight is 311 g/mol. The SMILES string of the molecule is COc1ccccc1OC[C@@H]1SCCN1C(=O)CC(=O)O. The fourth-order valence-electron chi connectivity index (χ4n) is 2.07. The molecule has 0 aliphatic carbocycles. The lowest BCUT2D eigenvalue weighted by atomic mass is 10.3. The zero-order valence-corrected chi connectivity index (χ0v) is 12.5. The molecule has 1 atom stereocenters. The van der Waals surface area contributed by atoms with Gasteiger partial charge in [0.25, 0.3) is 0 Å². The van der Waals surface area contributed by atoms with Crippen LogP contribution in [0.25, 0.3) is 0 Å². The molecule has 1 saturated heterocycles. The van der Waals surface area contributed by atoms with E-state index in [4.69, 9.17) is 14.6 Å². The zero-order valence-electron chi connectivity index (χ0n) is 11.7. The van der Waals surface area contributed by atoms with E-state index in [0.29, 0.717) is 24.7 Å². The van der Waals surface area contributed by atoms with Gasteiger partial charge < -0.3 is 19.5 Å². The summed E-state index contributed by atoms with van der Waals surface area (Å²) >= 11 is 1.58. The lowest BCUT2D eigenvalue weighted by Gasteiger charge is -2.23. The molecule has 1 heterocycles. The molecule has 6 nitrogen and oxygen atoms in total. The molecular weight excluding hydrogens is 294 g/mol. The van der Waals surface area contributed by atoms with Crippen molar-refractivity contribution in [2.45, 2.75) is 11.8 Å². The second kappa shape index (κ2) is 7.21. The summed E-state index contributed by atoms with van der Waals surface area (Å²) in [6, 6.07) is 7.28. The molecule has 0 aromatic heterocycles. The average Bonchev–Trinajstić information content (AvgIpc) is 2.93. The summed E-state index contributed by atoms with van der Waals surface area (Å²) in [4.78, 5) is 24.0. The quantitative estimate of drug-likeness (QED) is 0.801. The van der Waals surface area contributed by atoms with Crippen LogP contribution in [0.3, 0.4) is 0 Å². The first-order chi connectivity index (χ1) is 10.1. The van der Waals surface area contributed by atoms with E-state index >= 15 is 0 Å². The molecule has 2 rings (SSSR count). The maximum absolute atomic E-state index is 11.9. The van der Waals surface area contributed by atoms with Gasteiger partial charge in [0.05, 0.1) is 7.11 Å². The Hall–Kier alpha value is -1.89. The van der Waals surface area contributed by atoms with Gasteiger partial charge in [0.1, 0.15) is 18.4 Å². The maximum Gasteiger partial charge on any atom is 0.312 e. The Kier molecular flexibility index (Phi) is 5.32. The third kappa shape index (κ3) is 4.04. The predicted molar refractivity (Wildman–Crippen MR) is 78.7 cm³/mol. The smallest absolute Gasteiger partial charge is 0.312 e. The predicted octanol–water partition coefficient (Wildman–Crippen LogP) is 1.45. The highest BCUT2D eigenvalue weighted by Crippen LogP contribution is 2.29. The number of benzene rings is 1. The van der Waals surface area contributed by atoms with Crippen LogP contribution < -0.4 is 9.47 Å². The highest BCUT2D eigenvalue weighted by atomic mass is 32.2. The van der Waals surface area contributed by atoms with E-state index < -0.39 is 12.4 Å². The summed E-state index contributed by atoms with van der Waals surface area (Å²) in [7, 11) is 1.56. The summed E-state index contributed by atoms with van der Waals surface area (Å²) in [6.07, 6.45) is -0.480. The Bertz CT molecular complexity index is 522. The molecule has 1 aliphatic heterocycles. The second-order valence-corrected chi connectivity index (χ2v) is 5.73. The van der Waals surface area contributed by atoms with E-state index in [0.717, 1.165) is 5.75 Å². The van der Waals surface area contributed by atoms with Gasteiger partial charge in [-0.05, 0) is 12.1 Å². The molecule has 0 saturated carbocycles. The monoisotopic (exact) mass is 311 g/mol. The van der Waals surface area contributed by atoms with Crippen molar-refractivity contribution in [1.82, 2.24) is 4.90 Å². The molecule has 0 bridgehead atoms. The number of carbonyl (C=O) groups is 2. The summed E-state index contributed by atoms with van der Waals surface area (Å²) in [5.74, 6) is 0.537. The lowest BCUT2D eigenvalue weighted by molar-refractivity contribution is -0.144. The molecule has 7 heteroatoms. The van der Waals surface area contributed by atoms with Gasteiger partial charge in [-0.25, -0.2) is 0 Å². The Morgan fingerprint density at radius 3 is 2.76 bits per heavy atom. The van der Waals surface area contributed by atoms with Crippen molar-refractivity contribution < 1.29 is 24.2 Å². The molecule has 1 amide bonds. The number of hydrogen-bond acceptors (Lipinski definition) is 5. The molecule has 1 fully saturated rings. The van der Waals surface area contributed by atoms with Crippen molar-refractivity contribution in [3.8, 4) is 11.5 Å². The van der Waals surface area contributed by atoms with Gasteiger partial charge in [-0.15, -0.1) is 11.8 Å². The first kappa shape index (κ1) is 15.5. The van der Waals surface area contributed by atoms with E-state index in [9.17, 15) is 9.59 Å². The van der Waals surface area contributed by atoms with E-state index in [-0.39, 0.29) is 11.3 Å². The lowest BCUT2D eigenvalue weighted by Crippen LogP contribution is -2.39. The maximum atomic E-state index is 11.9. The number of amides is 1. The van der Waals surface area contributed by atoms with Crippen molar-refractivity contribution in [2.24, 2.45) is 0 Å². The number of ether oxygens (including phenoxy) is 2. The number of thioether (sulfide) groups is 1. The third-order valence-electron chi connectivity index (χ3n) is 3.06. The topological polar surface area (TPSA) is 76.1 Å². The van der Waals surface area contributed by atoms with Crippen LogP contribution in [0, 0.1) is 0 Å². The molecule has 0 unspecified atom stereocenters. The first-order valence-electron chi connectivity index (χ1n) is 6.50. The number of methoxy groups -OCH3 is 1. The third-order valence-corrected chi connectivity index (χ3v) is 4.26. The highest BCUT2D eigenvalue weighted by Gasteiger charge is 2.30. The minimum Gasteiger partial charge on any atom is -0.493 e. The Morgan fingerprint density at radius 1 is 1.38 bits per heavy atom. The fourth-order valence-corrected chi connectivity index (χ4v) is 3.22. The van der Waals surface area contributed by atoms with Crippen molar-refractivity contribution in [3.05, 3.63) is 24.3 Å².